The Hall–Kier alpha value is -2.40. The molecule has 0 radical (unpaired) electrons. The number of hydrogen-bond donors (Lipinski definition) is 2. The average molecular weight is 320 g/mol. The third kappa shape index (κ3) is 4.86. The van der Waals surface area contributed by atoms with Crippen molar-refractivity contribution in [3.63, 3.8) is 0 Å². The summed E-state index contributed by atoms with van der Waals surface area (Å²) in [5.74, 6) is -0.557. The predicted molar refractivity (Wildman–Crippen MR) is 86.8 cm³/mol. The maximum Gasteiger partial charge on any atom is 0.259 e. The van der Waals surface area contributed by atoms with E-state index in [-0.39, 0.29) is 18.3 Å². The van der Waals surface area contributed by atoms with Crippen molar-refractivity contribution in [1.82, 2.24) is 5.43 Å². The highest BCUT2D eigenvalue weighted by molar-refractivity contribution is 6.30. The molecule has 0 aliphatic heterocycles. The molecule has 0 unspecified atom stereocenters. The Morgan fingerprint density at radius 1 is 1.27 bits per heavy atom. The number of benzene rings is 2. The summed E-state index contributed by atoms with van der Waals surface area (Å²) in [4.78, 5) is 11.6. The van der Waals surface area contributed by atoms with Gasteiger partial charge in [-0.3, -0.25) is 4.79 Å². The standard InChI is InChI=1S/C16H15ClFN3O/c1-11-8-12(2-7-15(11)18)9-20-21-16(22)10-19-14-5-3-13(17)4-6-14/h2-9,19H,10H2,1H3,(H,21,22)/b20-9+. The molecule has 0 saturated heterocycles. The highest BCUT2D eigenvalue weighted by atomic mass is 35.5. The van der Waals surface area contributed by atoms with Crippen molar-refractivity contribution < 1.29 is 9.18 Å². The lowest BCUT2D eigenvalue weighted by molar-refractivity contribution is -0.119. The third-order valence-corrected chi connectivity index (χ3v) is 3.13. The van der Waals surface area contributed by atoms with E-state index in [0.717, 1.165) is 5.69 Å². The Kier molecular flexibility index (Phi) is 5.49. The summed E-state index contributed by atoms with van der Waals surface area (Å²) in [6.45, 7) is 1.75. The second-order valence-electron chi connectivity index (χ2n) is 4.66. The maximum absolute atomic E-state index is 13.1. The number of nitrogens with one attached hydrogen (secondary N) is 2. The Balaban J connectivity index is 1.80. The number of halogens is 2. The van der Waals surface area contributed by atoms with Crippen LogP contribution in [0.15, 0.2) is 47.6 Å². The summed E-state index contributed by atoms with van der Waals surface area (Å²) in [5.41, 5.74) is 4.42. The highest BCUT2D eigenvalue weighted by Gasteiger charge is 2.00. The molecule has 0 aliphatic carbocycles. The average Bonchev–Trinajstić information content (AvgIpc) is 2.50. The van der Waals surface area contributed by atoms with Gasteiger partial charge in [0.1, 0.15) is 5.82 Å². The second-order valence-corrected chi connectivity index (χ2v) is 5.10. The first-order valence-electron chi connectivity index (χ1n) is 6.62. The number of rotatable bonds is 5. The molecule has 2 rings (SSSR count). The molecule has 2 N–H and O–H groups in total. The van der Waals surface area contributed by atoms with Gasteiger partial charge in [0.2, 0.25) is 0 Å². The van der Waals surface area contributed by atoms with Gasteiger partial charge in [-0.15, -0.1) is 0 Å². The maximum atomic E-state index is 13.1. The van der Waals surface area contributed by atoms with Crippen LogP contribution < -0.4 is 10.7 Å². The van der Waals surface area contributed by atoms with Gasteiger partial charge in [-0.1, -0.05) is 17.7 Å². The smallest absolute Gasteiger partial charge is 0.259 e. The lowest BCUT2D eigenvalue weighted by atomic mass is 10.1. The quantitative estimate of drug-likeness (QED) is 0.656. The van der Waals surface area contributed by atoms with Crippen LogP contribution in [-0.4, -0.2) is 18.7 Å². The Bertz CT molecular complexity index is 686. The lowest BCUT2D eigenvalue weighted by Crippen LogP contribution is -2.25. The second kappa shape index (κ2) is 7.56. The van der Waals surface area contributed by atoms with E-state index < -0.39 is 0 Å². The number of hydrogen-bond acceptors (Lipinski definition) is 3. The molecule has 0 bridgehead atoms. The van der Waals surface area contributed by atoms with Crippen molar-refractivity contribution in [2.75, 3.05) is 11.9 Å². The first-order chi connectivity index (χ1) is 10.5. The van der Waals surface area contributed by atoms with Gasteiger partial charge >= 0.3 is 0 Å². The monoisotopic (exact) mass is 319 g/mol. The summed E-state index contributed by atoms with van der Waals surface area (Å²) in [6, 6.07) is 11.6. The minimum Gasteiger partial charge on any atom is -0.376 e. The van der Waals surface area contributed by atoms with Crippen LogP contribution in [-0.2, 0) is 4.79 Å². The number of carbonyl (C=O) groups is 1. The molecule has 0 spiro atoms. The largest absolute Gasteiger partial charge is 0.376 e. The Morgan fingerprint density at radius 3 is 2.68 bits per heavy atom. The zero-order valence-electron chi connectivity index (χ0n) is 11.9. The van der Waals surface area contributed by atoms with Crippen LogP contribution in [0.4, 0.5) is 10.1 Å². The van der Waals surface area contributed by atoms with Crippen molar-refractivity contribution in [2.45, 2.75) is 6.92 Å². The van der Waals surface area contributed by atoms with Crippen LogP contribution in [0.1, 0.15) is 11.1 Å². The van der Waals surface area contributed by atoms with Gasteiger partial charge in [0.15, 0.2) is 0 Å². The van der Waals surface area contributed by atoms with E-state index in [1.165, 1.54) is 12.3 Å². The van der Waals surface area contributed by atoms with Gasteiger partial charge in [-0.2, -0.15) is 5.10 Å². The van der Waals surface area contributed by atoms with Crippen molar-refractivity contribution in [3.05, 3.63) is 64.4 Å². The molecular weight excluding hydrogens is 305 g/mol. The number of anilines is 1. The summed E-state index contributed by atoms with van der Waals surface area (Å²) < 4.78 is 13.1. The van der Waals surface area contributed by atoms with Gasteiger partial charge in [0.25, 0.3) is 5.91 Å². The summed E-state index contributed by atoms with van der Waals surface area (Å²) in [7, 11) is 0. The van der Waals surface area contributed by atoms with Crippen LogP contribution >= 0.6 is 11.6 Å². The fraction of sp³-hybridized carbons (Fsp3) is 0.125. The number of aryl methyl sites for hydroxylation is 1. The number of nitrogens with zero attached hydrogens (tertiary/aromatic N) is 1. The van der Waals surface area contributed by atoms with E-state index in [9.17, 15) is 9.18 Å². The van der Waals surface area contributed by atoms with Crippen LogP contribution in [0.5, 0.6) is 0 Å². The van der Waals surface area contributed by atoms with Crippen molar-refractivity contribution in [3.8, 4) is 0 Å². The molecule has 114 valence electrons. The number of amides is 1. The van der Waals surface area contributed by atoms with E-state index in [1.807, 2.05) is 0 Å². The SMILES string of the molecule is Cc1cc(/C=N/NC(=O)CNc2ccc(Cl)cc2)ccc1F. The van der Waals surface area contributed by atoms with Crippen LogP contribution in [0, 0.1) is 12.7 Å². The molecule has 0 aliphatic rings. The fourth-order valence-electron chi connectivity index (χ4n) is 1.72. The van der Waals surface area contributed by atoms with Gasteiger partial charge in [0, 0.05) is 10.7 Å². The molecule has 0 aromatic heterocycles. The molecule has 4 nitrogen and oxygen atoms in total. The molecule has 6 heteroatoms. The van der Waals surface area contributed by atoms with E-state index in [2.05, 4.69) is 15.8 Å². The highest BCUT2D eigenvalue weighted by Crippen LogP contribution is 2.12. The van der Waals surface area contributed by atoms with Gasteiger partial charge in [0.05, 0.1) is 12.8 Å². The molecule has 2 aromatic rings. The van der Waals surface area contributed by atoms with Crippen molar-refractivity contribution >= 4 is 29.4 Å². The molecule has 0 atom stereocenters. The number of hydrazone groups is 1. The van der Waals surface area contributed by atoms with Crippen molar-refractivity contribution in [1.29, 1.82) is 0 Å². The molecule has 0 heterocycles. The normalized spacial score (nSPS) is 10.7. The topological polar surface area (TPSA) is 53.5 Å². The van der Waals surface area contributed by atoms with Crippen LogP contribution in [0.25, 0.3) is 0 Å². The van der Waals surface area contributed by atoms with E-state index in [4.69, 9.17) is 11.6 Å². The molecule has 0 saturated carbocycles. The van der Waals surface area contributed by atoms with Crippen LogP contribution in [0.2, 0.25) is 5.02 Å². The molecule has 0 fully saturated rings. The van der Waals surface area contributed by atoms with E-state index in [1.54, 1.807) is 43.3 Å². The minimum absolute atomic E-state index is 0.0847. The molecule has 1 amide bonds. The van der Waals surface area contributed by atoms with Gasteiger partial charge < -0.3 is 5.32 Å². The minimum atomic E-state index is -0.287. The summed E-state index contributed by atoms with van der Waals surface area (Å²) in [5, 5.41) is 7.41. The summed E-state index contributed by atoms with van der Waals surface area (Å²) in [6.07, 6.45) is 1.46. The Morgan fingerprint density at radius 2 is 2.00 bits per heavy atom. The van der Waals surface area contributed by atoms with E-state index >= 15 is 0 Å². The first-order valence-corrected chi connectivity index (χ1v) is 7.00. The molecule has 2 aromatic carbocycles. The first kappa shape index (κ1) is 16.0. The Labute approximate surface area is 133 Å². The summed E-state index contributed by atoms with van der Waals surface area (Å²) >= 11 is 5.77. The number of carbonyl (C=O) groups excluding carboxylic acids is 1. The predicted octanol–water partition coefficient (Wildman–Crippen LogP) is 3.35. The van der Waals surface area contributed by atoms with Crippen molar-refractivity contribution in [2.24, 2.45) is 5.10 Å². The lowest BCUT2D eigenvalue weighted by Gasteiger charge is -2.05. The third-order valence-electron chi connectivity index (χ3n) is 2.88. The zero-order valence-corrected chi connectivity index (χ0v) is 12.7. The zero-order chi connectivity index (χ0) is 15.9. The molecule has 22 heavy (non-hydrogen) atoms. The van der Waals surface area contributed by atoms with Crippen LogP contribution in [0.3, 0.4) is 0 Å². The van der Waals surface area contributed by atoms with E-state index in [0.29, 0.717) is 16.1 Å². The van der Waals surface area contributed by atoms with Gasteiger partial charge in [-0.05, 0) is 54.4 Å². The molecular formula is C16H15ClFN3O. The van der Waals surface area contributed by atoms with Gasteiger partial charge in [-0.25, -0.2) is 9.82 Å². The fourth-order valence-corrected chi connectivity index (χ4v) is 1.84.